The standard InChI is InChI=1S/C13H20N2O2.C4H6O6/c1-10(14(2)3)11-7-6-8-12(9-11)17-13(16)15(4)5;5-1(3(7)8)2(6)4(9)10/h6-10H,1-5H3;1-2,5-6H,(H,7,8)(H,9,10)/t10-;1-,2-/m00/s1/i4D3,5D3;. The first-order chi connectivity index (χ1) is 14.8. The van der Waals surface area contributed by atoms with Crippen molar-refractivity contribution >= 4 is 18.0 Å². The van der Waals surface area contributed by atoms with Crippen molar-refractivity contribution in [3.8, 4) is 5.75 Å². The van der Waals surface area contributed by atoms with Crippen molar-refractivity contribution in [2.24, 2.45) is 0 Å². The molecule has 0 bridgehead atoms. The van der Waals surface area contributed by atoms with Crippen molar-refractivity contribution in [1.29, 1.82) is 0 Å². The number of nitrogens with zero attached hydrogens (tertiary/aromatic N) is 2. The predicted octanol–water partition coefficient (Wildman–Crippen LogP) is 0.247. The molecule has 0 saturated heterocycles. The van der Waals surface area contributed by atoms with Gasteiger partial charge in [-0.1, -0.05) is 12.1 Å². The highest BCUT2D eigenvalue weighted by Crippen LogP contribution is 2.22. The predicted molar refractivity (Wildman–Crippen MR) is 95.5 cm³/mol. The molecule has 0 heterocycles. The summed E-state index contributed by atoms with van der Waals surface area (Å²) in [5.74, 6) is -3.45. The zero-order valence-corrected chi connectivity index (χ0v) is 14.9. The lowest BCUT2D eigenvalue weighted by atomic mass is 10.1. The molecule has 27 heavy (non-hydrogen) atoms. The molecular weight excluding hydrogens is 360 g/mol. The van der Waals surface area contributed by atoms with Gasteiger partial charge in [-0.3, -0.25) is 0 Å². The van der Waals surface area contributed by atoms with Gasteiger partial charge in [-0.05, 0) is 38.7 Å². The fourth-order valence-corrected chi connectivity index (χ4v) is 1.55. The van der Waals surface area contributed by atoms with Crippen molar-refractivity contribution < 1.29 is 47.8 Å². The summed E-state index contributed by atoms with van der Waals surface area (Å²) >= 11 is 0. The minimum Gasteiger partial charge on any atom is -0.479 e. The number of benzene rings is 1. The second-order valence-electron chi connectivity index (χ2n) is 5.48. The second-order valence-corrected chi connectivity index (χ2v) is 5.48. The van der Waals surface area contributed by atoms with Gasteiger partial charge in [0.25, 0.3) is 0 Å². The van der Waals surface area contributed by atoms with Gasteiger partial charge in [-0.2, -0.15) is 0 Å². The van der Waals surface area contributed by atoms with Gasteiger partial charge < -0.3 is 35.0 Å². The number of aliphatic hydroxyl groups is 2. The maximum absolute atomic E-state index is 12.0. The molecule has 152 valence electrons. The molecule has 0 unspecified atom stereocenters. The highest BCUT2D eigenvalue weighted by molar-refractivity contribution is 5.83. The molecule has 0 aliphatic heterocycles. The first-order valence-corrected chi connectivity index (χ1v) is 7.41. The molecule has 1 rings (SSSR count). The van der Waals surface area contributed by atoms with Crippen molar-refractivity contribution in [2.45, 2.75) is 25.2 Å². The molecule has 0 radical (unpaired) electrons. The van der Waals surface area contributed by atoms with Gasteiger partial charge >= 0.3 is 18.0 Å². The molecule has 0 aliphatic rings. The van der Waals surface area contributed by atoms with Crippen molar-refractivity contribution in [1.82, 2.24) is 9.80 Å². The fraction of sp³-hybridized carbons (Fsp3) is 0.471. The van der Waals surface area contributed by atoms with Crippen LogP contribution in [0.2, 0.25) is 0 Å². The Labute approximate surface area is 165 Å². The topological polar surface area (TPSA) is 148 Å². The Balaban J connectivity index is 0.000000861. The molecule has 0 spiro atoms. The molecule has 1 aromatic rings. The maximum atomic E-state index is 12.0. The zero-order valence-electron chi connectivity index (χ0n) is 20.9. The van der Waals surface area contributed by atoms with E-state index < -0.39 is 44.2 Å². The summed E-state index contributed by atoms with van der Waals surface area (Å²) in [7, 11) is 3.77. The number of hydrogen-bond donors (Lipinski definition) is 4. The van der Waals surface area contributed by atoms with Crippen LogP contribution < -0.4 is 4.74 Å². The van der Waals surface area contributed by atoms with Gasteiger partial charge in [0.05, 0.1) is 0 Å². The lowest BCUT2D eigenvalue weighted by Gasteiger charge is -2.20. The van der Waals surface area contributed by atoms with Crippen molar-refractivity contribution in [3.05, 3.63) is 29.8 Å². The van der Waals surface area contributed by atoms with E-state index in [0.717, 1.165) is 5.56 Å². The van der Waals surface area contributed by atoms with E-state index in [4.69, 9.17) is 33.4 Å². The number of aliphatic hydroxyl groups excluding tert-OH is 2. The average Bonchev–Trinajstić information content (AvgIpc) is 2.64. The molecule has 0 aromatic heterocycles. The second kappa shape index (κ2) is 11.1. The van der Waals surface area contributed by atoms with Gasteiger partial charge in [0.2, 0.25) is 0 Å². The Kier molecular flexibility index (Phi) is 6.33. The molecule has 0 saturated carbocycles. The monoisotopic (exact) mass is 392 g/mol. The van der Waals surface area contributed by atoms with Crippen LogP contribution in [0.5, 0.6) is 5.75 Å². The number of carboxylic acid groups (broad SMARTS) is 2. The van der Waals surface area contributed by atoms with Gasteiger partial charge in [0.1, 0.15) is 5.75 Å². The number of aliphatic carboxylic acids is 2. The molecule has 1 aromatic carbocycles. The SMILES string of the molecule is O=C(O)[C@@H](O)[C@H](O)C(=O)O.[2H]C([2H])([2H])N(C(=O)Oc1cccc([C@H](C)N(C)C)c1)C([2H])([2H])[2H]. The first-order valence-electron chi connectivity index (χ1n) is 10.4. The summed E-state index contributed by atoms with van der Waals surface area (Å²) in [6.45, 7) is -4.31. The van der Waals surface area contributed by atoms with Crippen LogP contribution in [0.15, 0.2) is 24.3 Å². The number of rotatable bonds is 6. The minimum atomic E-state index is -3.13. The van der Waals surface area contributed by atoms with Crippen LogP contribution in [-0.4, -0.2) is 88.5 Å². The van der Waals surface area contributed by atoms with E-state index in [9.17, 15) is 14.4 Å². The highest BCUT2D eigenvalue weighted by Gasteiger charge is 2.29. The van der Waals surface area contributed by atoms with Crippen molar-refractivity contribution in [3.63, 3.8) is 0 Å². The summed E-state index contributed by atoms with van der Waals surface area (Å²) < 4.78 is 48.1. The molecular formula is C17H26N2O8. The maximum Gasteiger partial charge on any atom is 0.414 e. The van der Waals surface area contributed by atoms with Gasteiger partial charge in [0.15, 0.2) is 12.2 Å². The molecule has 0 fully saturated rings. The lowest BCUT2D eigenvalue weighted by molar-refractivity contribution is -0.165. The van der Waals surface area contributed by atoms with Crippen LogP contribution in [0, 0.1) is 0 Å². The number of hydrogen-bond acceptors (Lipinski definition) is 7. The van der Waals surface area contributed by atoms with E-state index in [2.05, 4.69) is 0 Å². The minimum absolute atomic E-state index is 0.0370. The Hall–Kier alpha value is -2.69. The van der Waals surface area contributed by atoms with E-state index in [0.29, 0.717) is 0 Å². The van der Waals surface area contributed by atoms with E-state index in [1.165, 1.54) is 6.07 Å². The molecule has 0 aliphatic carbocycles. The normalized spacial score (nSPS) is 17.9. The molecule has 10 heteroatoms. The lowest BCUT2D eigenvalue weighted by Crippen LogP contribution is -2.39. The number of carbonyl (C=O) groups is 3. The summed E-state index contributed by atoms with van der Waals surface area (Å²) in [4.78, 5) is 33.3. The van der Waals surface area contributed by atoms with Gasteiger partial charge in [0, 0.05) is 28.2 Å². The van der Waals surface area contributed by atoms with Crippen molar-refractivity contribution in [2.75, 3.05) is 28.0 Å². The van der Waals surface area contributed by atoms with Crippen LogP contribution in [0.3, 0.4) is 0 Å². The summed E-state index contributed by atoms with van der Waals surface area (Å²) in [6, 6.07) is 6.54. The van der Waals surface area contributed by atoms with Gasteiger partial charge in [-0.15, -0.1) is 0 Å². The molecule has 3 atom stereocenters. The number of carbonyl (C=O) groups excluding carboxylic acids is 1. The van der Waals surface area contributed by atoms with Gasteiger partial charge in [-0.25, -0.2) is 14.4 Å². The Morgan fingerprint density at radius 2 is 1.59 bits per heavy atom. The summed E-state index contributed by atoms with van der Waals surface area (Å²) in [5, 5.41) is 32.5. The molecule has 10 nitrogen and oxygen atoms in total. The highest BCUT2D eigenvalue weighted by atomic mass is 16.6. The summed E-state index contributed by atoms with van der Waals surface area (Å²) in [6.07, 6.45) is -5.98. The van der Waals surface area contributed by atoms with E-state index >= 15 is 0 Å². The first kappa shape index (κ1) is 15.4. The largest absolute Gasteiger partial charge is 0.479 e. The van der Waals surface area contributed by atoms with Crippen LogP contribution >= 0.6 is 0 Å². The Bertz CT molecular complexity index is 798. The van der Waals surface area contributed by atoms with E-state index in [-0.39, 0.29) is 16.7 Å². The van der Waals surface area contributed by atoms with Crippen LogP contribution in [0.4, 0.5) is 4.79 Å². The van der Waals surface area contributed by atoms with Crippen LogP contribution in [-0.2, 0) is 9.59 Å². The number of ether oxygens (including phenoxy) is 1. The number of carboxylic acids is 2. The summed E-state index contributed by atoms with van der Waals surface area (Å²) in [5.41, 5.74) is 0.842. The number of amides is 1. The third kappa shape index (κ3) is 8.49. The quantitative estimate of drug-likeness (QED) is 0.534. The zero-order chi connectivity index (χ0) is 26.3. The Morgan fingerprint density at radius 3 is 2.00 bits per heavy atom. The third-order valence-corrected chi connectivity index (χ3v) is 3.31. The molecule has 1 amide bonds. The van der Waals surface area contributed by atoms with E-state index in [1.54, 1.807) is 12.1 Å². The smallest absolute Gasteiger partial charge is 0.414 e. The fourth-order valence-electron chi connectivity index (χ4n) is 1.55. The molecule has 4 N–H and O–H groups in total. The third-order valence-electron chi connectivity index (χ3n) is 3.31. The van der Waals surface area contributed by atoms with Crippen LogP contribution in [0.25, 0.3) is 0 Å². The Morgan fingerprint density at radius 1 is 1.07 bits per heavy atom. The van der Waals surface area contributed by atoms with E-state index in [1.807, 2.05) is 32.0 Å². The van der Waals surface area contributed by atoms with Crippen LogP contribution in [0.1, 0.15) is 26.8 Å². The average molecular weight is 392 g/mol.